The zero-order chi connectivity index (χ0) is 10.7. The van der Waals surface area contributed by atoms with E-state index in [9.17, 15) is 0 Å². The average molecular weight is 271 g/mol. The van der Waals surface area contributed by atoms with Gasteiger partial charge in [-0.2, -0.15) is 0 Å². The van der Waals surface area contributed by atoms with Gasteiger partial charge in [-0.15, -0.1) is 0 Å². The van der Waals surface area contributed by atoms with Crippen LogP contribution in [-0.4, -0.2) is 24.2 Å². The third-order valence-electron chi connectivity index (χ3n) is 2.85. The molecule has 0 spiro atoms. The van der Waals surface area contributed by atoms with Gasteiger partial charge in [0.15, 0.2) is 0 Å². The van der Waals surface area contributed by atoms with Crippen LogP contribution in [0.15, 0.2) is 22.9 Å². The summed E-state index contributed by atoms with van der Waals surface area (Å²) in [4.78, 5) is 4.04. The molecular weight excluding hydrogens is 256 g/mol. The number of anilines is 1. The van der Waals surface area contributed by atoms with Crippen molar-refractivity contribution < 1.29 is 4.74 Å². The normalized spacial score (nSPS) is 25.5. The Morgan fingerprint density at radius 2 is 2.40 bits per heavy atom. The predicted octanol–water partition coefficient (Wildman–Crippen LogP) is 2.82. The number of methoxy groups -OCH3 is 1. The lowest BCUT2D eigenvalue weighted by atomic mass is 10.2. The summed E-state index contributed by atoms with van der Waals surface area (Å²) in [5, 5.41) is 3.51. The summed E-state index contributed by atoms with van der Waals surface area (Å²) >= 11 is 3.48. The van der Waals surface area contributed by atoms with Gasteiger partial charge in [0.05, 0.1) is 16.3 Å². The van der Waals surface area contributed by atoms with Crippen molar-refractivity contribution >= 4 is 21.6 Å². The lowest BCUT2D eigenvalue weighted by Gasteiger charge is -2.15. The quantitative estimate of drug-likeness (QED) is 0.917. The Morgan fingerprint density at radius 3 is 3.07 bits per heavy atom. The van der Waals surface area contributed by atoms with Crippen molar-refractivity contribution in [3.63, 3.8) is 0 Å². The summed E-state index contributed by atoms with van der Waals surface area (Å²) in [5.74, 6) is 0. The fraction of sp³-hybridized carbons (Fsp3) is 0.545. The van der Waals surface area contributed by atoms with Crippen molar-refractivity contribution in [1.29, 1.82) is 0 Å². The number of halogens is 1. The molecule has 1 saturated carbocycles. The molecule has 82 valence electrons. The standard InChI is InChI=1S/C11H15BrN2O/c1-15-9-3-2-8(6-9)14-11-4-5-13-7-10(11)12/h4-5,7-9H,2-3,6H2,1H3,(H,13,14). The predicted molar refractivity (Wildman–Crippen MR) is 64.0 cm³/mol. The van der Waals surface area contributed by atoms with Gasteiger partial charge in [0.2, 0.25) is 0 Å². The fourth-order valence-corrected chi connectivity index (χ4v) is 2.36. The van der Waals surface area contributed by atoms with E-state index in [0.717, 1.165) is 23.0 Å². The van der Waals surface area contributed by atoms with Gasteiger partial charge in [-0.05, 0) is 41.3 Å². The van der Waals surface area contributed by atoms with Gasteiger partial charge < -0.3 is 10.1 Å². The summed E-state index contributed by atoms with van der Waals surface area (Å²) in [6.07, 6.45) is 7.44. The Morgan fingerprint density at radius 1 is 1.53 bits per heavy atom. The second kappa shape index (κ2) is 4.94. The second-order valence-corrected chi connectivity index (χ2v) is 4.72. The summed E-state index contributed by atoms with van der Waals surface area (Å²) in [5.41, 5.74) is 1.12. The van der Waals surface area contributed by atoms with Gasteiger partial charge in [0, 0.05) is 25.5 Å². The first-order chi connectivity index (χ1) is 7.29. The average Bonchev–Trinajstić information content (AvgIpc) is 2.69. The zero-order valence-electron chi connectivity index (χ0n) is 8.74. The molecule has 0 bridgehead atoms. The summed E-state index contributed by atoms with van der Waals surface area (Å²) in [6, 6.07) is 2.51. The maximum atomic E-state index is 5.35. The highest BCUT2D eigenvalue weighted by Gasteiger charge is 2.24. The van der Waals surface area contributed by atoms with Crippen molar-refractivity contribution in [2.24, 2.45) is 0 Å². The zero-order valence-corrected chi connectivity index (χ0v) is 10.3. The van der Waals surface area contributed by atoms with Gasteiger partial charge in [-0.1, -0.05) is 0 Å². The van der Waals surface area contributed by atoms with Crippen molar-refractivity contribution in [1.82, 2.24) is 4.98 Å². The highest BCUT2D eigenvalue weighted by molar-refractivity contribution is 9.10. The van der Waals surface area contributed by atoms with E-state index in [0.29, 0.717) is 12.1 Å². The van der Waals surface area contributed by atoms with E-state index in [2.05, 4.69) is 26.2 Å². The first-order valence-corrected chi connectivity index (χ1v) is 5.97. The number of rotatable bonds is 3. The van der Waals surface area contributed by atoms with E-state index in [1.54, 1.807) is 13.3 Å². The molecule has 3 nitrogen and oxygen atoms in total. The highest BCUT2D eigenvalue weighted by atomic mass is 79.9. The van der Waals surface area contributed by atoms with Crippen LogP contribution in [-0.2, 0) is 4.74 Å². The van der Waals surface area contributed by atoms with Crippen molar-refractivity contribution in [3.8, 4) is 0 Å². The number of hydrogen-bond donors (Lipinski definition) is 1. The minimum Gasteiger partial charge on any atom is -0.381 e. The molecule has 1 aromatic rings. The van der Waals surface area contributed by atoms with Gasteiger partial charge >= 0.3 is 0 Å². The molecule has 0 aliphatic heterocycles. The molecule has 2 atom stereocenters. The molecule has 1 aliphatic rings. The molecular formula is C11H15BrN2O. The van der Waals surface area contributed by atoms with Crippen LogP contribution in [0.25, 0.3) is 0 Å². The first-order valence-electron chi connectivity index (χ1n) is 5.18. The van der Waals surface area contributed by atoms with Crippen LogP contribution in [0.2, 0.25) is 0 Å². The second-order valence-electron chi connectivity index (χ2n) is 3.87. The summed E-state index contributed by atoms with van der Waals surface area (Å²) in [7, 11) is 1.79. The molecule has 0 aromatic carbocycles. The molecule has 15 heavy (non-hydrogen) atoms. The van der Waals surface area contributed by atoms with E-state index >= 15 is 0 Å². The first kappa shape index (κ1) is 10.9. The molecule has 2 unspecified atom stereocenters. The van der Waals surface area contributed by atoms with Gasteiger partial charge in [-0.3, -0.25) is 4.98 Å². The van der Waals surface area contributed by atoms with E-state index < -0.39 is 0 Å². The Kier molecular flexibility index (Phi) is 3.59. The van der Waals surface area contributed by atoms with Crippen molar-refractivity contribution in [3.05, 3.63) is 22.9 Å². The number of hydrogen-bond acceptors (Lipinski definition) is 3. The Balaban J connectivity index is 1.96. The summed E-state index contributed by atoms with van der Waals surface area (Å²) < 4.78 is 6.36. The highest BCUT2D eigenvalue weighted by Crippen LogP contribution is 2.27. The lowest BCUT2D eigenvalue weighted by molar-refractivity contribution is 0.108. The van der Waals surface area contributed by atoms with Crippen molar-refractivity contribution in [2.45, 2.75) is 31.4 Å². The monoisotopic (exact) mass is 270 g/mol. The third kappa shape index (κ3) is 2.69. The maximum Gasteiger partial charge on any atom is 0.0591 e. The van der Waals surface area contributed by atoms with Gasteiger partial charge in [0.1, 0.15) is 0 Å². The number of nitrogens with zero attached hydrogens (tertiary/aromatic N) is 1. The number of aromatic nitrogens is 1. The van der Waals surface area contributed by atoms with Crippen LogP contribution in [0.4, 0.5) is 5.69 Å². The SMILES string of the molecule is COC1CCC(Nc2ccncc2Br)C1. The van der Waals surface area contributed by atoms with E-state index in [1.807, 2.05) is 12.3 Å². The lowest BCUT2D eigenvalue weighted by Crippen LogP contribution is -2.17. The Labute approximate surface area is 98.4 Å². The van der Waals surface area contributed by atoms with E-state index in [4.69, 9.17) is 4.74 Å². The van der Waals surface area contributed by atoms with Crippen LogP contribution >= 0.6 is 15.9 Å². The molecule has 1 aliphatic carbocycles. The third-order valence-corrected chi connectivity index (χ3v) is 3.48. The van der Waals surface area contributed by atoms with Crippen LogP contribution in [0.5, 0.6) is 0 Å². The van der Waals surface area contributed by atoms with Crippen LogP contribution in [0.3, 0.4) is 0 Å². The van der Waals surface area contributed by atoms with E-state index in [1.165, 1.54) is 6.42 Å². The van der Waals surface area contributed by atoms with Gasteiger partial charge in [-0.25, -0.2) is 0 Å². The number of pyridine rings is 1. The molecule has 4 heteroatoms. The topological polar surface area (TPSA) is 34.1 Å². The van der Waals surface area contributed by atoms with Crippen LogP contribution < -0.4 is 5.32 Å². The fourth-order valence-electron chi connectivity index (χ4n) is 2.00. The molecule has 0 radical (unpaired) electrons. The molecule has 1 N–H and O–H groups in total. The minimum atomic E-state index is 0.420. The number of nitrogens with one attached hydrogen (secondary N) is 1. The molecule has 1 aromatic heterocycles. The van der Waals surface area contributed by atoms with Crippen LogP contribution in [0.1, 0.15) is 19.3 Å². The number of ether oxygens (including phenoxy) is 1. The van der Waals surface area contributed by atoms with Crippen LogP contribution in [0, 0.1) is 0 Å². The maximum absolute atomic E-state index is 5.35. The largest absolute Gasteiger partial charge is 0.381 e. The molecule has 0 amide bonds. The molecule has 1 heterocycles. The Hall–Kier alpha value is -0.610. The Bertz CT molecular complexity index is 332. The minimum absolute atomic E-state index is 0.420. The van der Waals surface area contributed by atoms with E-state index in [-0.39, 0.29) is 0 Å². The molecule has 0 saturated heterocycles. The summed E-state index contributed by atoms with van der Waals surface area (Å²) in [6.45, 7) is 0. The molecule has 2 rings (SSSR count). The smallest absolute Gasteiger partial charge is 0.0591 e. The molecule has 1 fully saturated rings. The van der Waals surface area contributed by atoms with Crippen molar-refractivity contribution in [2.75, 3.05) is 12.4 Å². The van der Waals surface area contributed by atoms with Gasteiger partial charge in [0.25, 0.3) is 0 Å².